The number of methoxy groups -OCH3 is 1. The lowest BCUT2D eigenvalue weighted by Crippen LogP contribution is -2.54. The number of benzene rings is 1. The first-order chi connectivity index (χ1) is 9.72. The number of hydrogen-bond donors (Lipinski definition) is 3. The molecule has 0 heterocycles. The van der Waals surface area contributed by atoms with E-state index < -0.39 is 30.3 Å². The summed E-state index contributed by atoms with van der Waals surface area (Å²) in [5.74, 6) is -0.838. The average molecular weight is 306 g/mol. The van der Waals surface area contributed by atoms with Crippen LogP contribution in [0.4, 0.5) is 13.2 Å². The Morgan fingerprint density at radius 1 is 1.38 bits per heavy atom. The molecular weight excluding hydrogens is 289 g/mol. The fourth-order valence-electron chi connectivity index (χ4n) is 1.68. The first-order valence-electron chi connectivity index (χ1n) is 6.09. The molecule has 0 saturated heterocycles. The highest BCUT2D eigenvalue weighted by molar-refractivity contribution is 5.81. The highest BCUT2D eigenvalue weighted by Crippen LogP contribution is 2.38. The lowest BCUT2D eigenvalue weighted by Gasteiger charge is -2.31. The van der Waals surface area contributed by atoms with Gasteiger partial charge in [-0.05, 0) is 5.56 Å². The third-order valence-electron chi connectivity index (χ3n) is 2.92. The number of rotatable bonds is 6. The average Bonchev–Trinajstić information content (AvgIpc) is 2.44. The second kappa shape index (κ2) is 6.88. The maximum absolute atomic E-state index is 13.1. The van der Waals surface area contributed by atoms with Crippen molar-refractivity contribution >= 4 is 5.91 Å². The zero-order valence-corrected chi connectivity index (χ0v) is 11.4. The molecule has 0 aliphatic rings. The number of alkyl halides is 3. The van der Waals surface area contributed by atoms with Crippen molar-refractivity contribution in [1.82, 2.24) is 5.32 Å². The molecule has 5 nitrogen and oxygen atoms in total. The Hall–Kier alpha value is -1.64. The van der Waals surface area contributed by atoms with E-state index in [-0.39, 0.29) is 12.2 Å². The number of ether oxygens (including phenoxy) is 1. The highest BCUT2D eigenvalue weighted by atomic mass is 19.4. The van der Waals surface area contributed by atoms with Gasteiger partial charge in [-0.3, -0.25) is 4.79 Å². The van der Waals surface area contributed by atoms with Crippen LogP contribution < -0.4 is 11.1 Å². The summed E-state index contributed by atoms with van der Waals surface area (Å²) in [6, 6.07) is 5.41. The van der Waals surface area contributed by atoms with Crippen molar-refractivity contribution in [2.45, 2.75) is 17.8 Å². The molecule has 0 aliphatic carbocycles. The van der Waals surface area contributed by atoms with Crippen molar-refractivity contribution in [2.75, 3.05) is 20.3 Å². The molecule has 1 rings (SSSR count). The van der Waals surface area contributed by atoms with E-state index in [1.54, 1.807) is 0 Å². The van der Waals surface area contributed by atoms with Gasteiger partial charge in [-0.25, -0.2) is 0 Å². The molecular formula is C13H17F3N2O3. The van der Waals surface area contributed by atoms with Crippen LogP contribution in [0.25, 0.3) is 0 Å². The summed E-state index contributed by atoms with van der Waals surface area (Å²) < 4.78 is 44.0. The lowest BCUT2D eigenvalue weighted by atomic mass is 9.93. The van der Waals surface area contributed by atoms with Crippen LogP contribution in [0, 0.1) is 0 Å². The van der Waals surface area contributed by atoms with Gasteiger partial charge >= 0.3 is 6.18 Å². The standard InChI is InChI=1S/C13H17F3N2O3/c1-21-7-10(17)11(19)18-8-12(20,13(14,15)16)9-5-3-2-4-6-9/h2-6,10,20H,7-8,17H2,1H3,(H,18,19). The van der Waals surface area contributed by atoms with E-state index in [9.17, 15) is 23.1 Å². The quantitative estimate of drug-likeness (QED) is 0.715. The number of amides is 1. The van der Waals surface area contributed by atoms with E-state index in [0.29, 0.717) is 0 Å². The van der Waals surface area contributed by atoms with Gasteiger partial charge in [-0.2, -0.15) is 13.2 Å². The topological polar surface area (TPSA) is 84.6 Å². The minimum Gasteiger partial charge on any atom is -0.383 e. The van der Waals surface area contributed by atoms with Crippen LogP contribution in [-0.2, 0) is 15.1 Å². The highest BCUT2D eigenvalue weighted by Gasteiger charge is 2.55. The largest absolute Gasteiger partial charge is 0.423 e. The Kier molecular flexibility index (Phi) is 5.70. The Morgan fingerprint density at radius 2 is 1.95 bits per heavy atom. The summed E-state index contributed by atoms with van der Waals surface area (Å²) in [4.78, 5) is 11.5. The predicted octanol–water partition coefficient (Wildman–Crippen LogP) is 0.526. The van der Waals surface area contributed by atoms with Crippen molar-refractivity contribution < 1.29 is 27.8 Å². The molecule has 2 atom stereocenters. The van der Waals surface area contributed by atoms with Crippen molar-refractivity contribution in [3.63, 3.8) is 0 Å². The van der Waals surface area contributed by atoms with Crippen LogP contribution in [-0.4, -0.2) is 43.5 Å². The molecule has 2 unspecified atom stereocenters. The van der Waals surface area contributed by atoms with Crippen LogP contribution >= 0.6 is 0 Å². The maximum Gasteiger partial charge on any atom is 0.423 e. The van der Waals surface area contributed by atoms with E-state index in [1.807, 2.05) is 5.32 Å². The molecule has 1 amide bonds. The molecule has 21 heavy (non-hydrogen) atoms. The smallest absolute Gasteiger partial charge is 0.383 e. The minimum atomic E-state index is -4.95. The van der Waals surface area contributed by atoms with Crippen molar-refractivity contribution in [1.29, 1.82) is 0 Å². The fourth-order valence-corrected chi connectivity index (χ4v) is 1.68. The van der Waals surface area contributed by atoms with Crippen LogP contribution in [0.2, 0.25) is 0 Å². The predicted molar refractivity (Wildman–Crippen MR) is 69.3 cm³/mol. The molecule has 0 spiro atoms. The number of halogens is 3. The fraction of sp³-hybridized carbons (Fsp3) is 0.462. The first kappa shape index (κ1) is 17.4. The Morgan fingerprint density at radius 3 is 2.43 bits per heavy atom. The Bertz CT molecular complexity index is 467. The van der Waals surface area contributed by atoms with Crippen molar-refractivity contribution in [3.05, 3.63) is 35.9 Å². The van der Waals surface area contributed by atoms with Crippen LogP contribution in [0.15, 0.2) is 30.3 Å². The Labute approximate surface area is 119 Å². The van der Waals surface area contributed by atoms with E-state index in [0.717, 1.165) is 12.1 Å². The number of aliphatic hydroxyl groups is 1. The SMILES string of the molecule is COCC(N)C(=O)NCC(O)(c1ccccc1)C(F)(F)F. The number of carbonyl (C=O) groups excluding carboxylic acids is 1. The van der Waals surface area contributed by atoms with Crippen LogP contribution in [0.3, 0.4) is 0 Å². The third-order valence-corrected chi connectivity index (χ3v) is 2.92. The molecule has 1 aromatic carbocycles. The second-order valence-electron chi connectivity index (χ2n) is 4.50. The maximum atomic E-state index is 13.1. The lowest BCUT2D eigenvalue weighted by molar-refractivity contribution is -0.264. The van der Waals surface area contributed by atoms with Gasteiger partial charge < -0.3 is 20.9 Å². The van der Waals surface area contributed by atoms with Crippen molar-refractivity contribution in [2.24, 2.45) is 5.73 Å². The molecule has 8 heteroatoms. The number of nitrogens with one attached hydrogen (secondary N) is 1. The summed E-state index contributed by atoms with van der Waals surface area (Å²) in [5, 5.41) is 12.0. The van der Waals surface area contributed by atoms with Gasteiger partial charge in [0.2, 0.25) is 11.5 Å². The normalized spacial score (nSPS) is 16.1. The van der Waals surface area contributed by atoms with Gasteiger partial charge in [0, 0.05) is 7.11 Å². The van der Waals surface area contributed by atoms with Gasteiger partial charge in [0.15, 0.2) is 0 Å². The van der Waals surface area contributed by atoms with E-state index in [4.69, 9.17) is 5.73 Å². The van der Waals surface area contributed by atoms with Gasteiger partial charge in [-0.1, -0.05) is 30.3 Å². The van der Waals surface area contributed by atoms with Gasteiger partial charge in [0.25, 0.3) is 0 Å². The molecule has 0 fully saturated rings. The van der Waals surface area contributed by atoms with E-state index in [2.05, 4.69) is 4.74 Å². The number of carbonyl (C=O) groups is 1. The van der Waals surface area contributed by atoms with Crippen LogP contribution in [0.1, 0.15) is 5.56 Å². The first-order valence-corrected chi connectivity index (χ1v) is 6.09. The number of hydrogen-bond acceptors (Lipinski definition) is 4. The van der Waals surface area contributed by atoms with Crippen molar-refractivity contribution in [3.8, 4) is 0 Å². The molecule has 0 radical (unpaired) electrons. The molecule has 0 aliphatic heterocycles. The van der Waals surface area contributed by atoms with Gasteiger partial charge in [0.1, 0.15) is 6.04 Å². The number of nitrogens with two attached hydrogens (primary N) is 1. The van der Waals surface area contributed by atoms with E-state index >= 15 is 0 Å². The van der Waals surface area contributed by atoms with Crippen LogP contribution in [0.5, 0.6) is 0 Å². The molecule has 0 saturated carbocycles. The minimum absolute atomic E-state index is 0.137. The monoisotopic (exact) mass is 306 g/mol. The van der Waals surface area contributed by atoms with Gasteiger partial charge in [0.05, 0.1) is 13.2 Å². The molecule has 0 aromatic heterocycles. The second-order valence-corrected chi connectivity index (χ2v) is 4.50. The zero-order valence-electron chi connectivity index (χ0n) is 11.4. The molecule has 118 valence electrons. The summed E-state index contributed by atoms with van der Waals surface area (Å²) in [6.45, 7) is -1.17. The third kappa shape index (κ3) is 4.16. The van der Waals surface area contributed by atoms with Gasteiger partial charge in [-0.15, -0.1) is 0 Å². The molecule has 1 aromatic rings. The Balaban J connectivity index is 2.89. The zero-order chi connectivity index (χ0) is 16.1. The summed E-state index contributed by atoms with van der Waals surface area (Å²) in [6.07, 6.45) is -4.95. The summed E-state index contributed by atoms with van der Waals surface area (Å²) >= 11 is 0. The van der Waals surface area contributed by atoms with E-state index in [1.165, 1.54) is 25.3 Å². The molecule has 0 bridgehead atoms. The summed E-state index contributed by atoms with van der Waals surface area (Å²) in [7, 11) is 1.31. The molecule has 4 N–H and O–H groups in total. The summed E-state index contributed by atoms with van der Waals surface area (Å²) in [5.41, 5.74) is 1.86.